The first-order chi connectivity index (χ1) is 21.6. The monoisotopic (exact) mass is 578 g/mol. The fraction of sp³-hybridized carbons (Fsp3) is 0.108. The molecule has 0 unspecified atom stereocenters. The van der Waals surface area contributed by atoms with Crippen molar-refractivity contribution in [2.45, 2.75) is 13.8 Å². The molecule has 44 heavy (non-hydrogen) atoms. The number of nitrogens with zero attached hydrogens (tertiary/aromatic N) is 3. The van der Waals surface area contributed by atoms with Gasteiger partial charge in [-0.05, 0) is 68.4 Å². The number of aromatic hydroxyl groups is 1. The fourth-order valence-electron chi connectivity index (χ4n) is 5.95. The Balaban J connectivity index is 1.46. The minimum Gasteiger partial charge on any atom is -0.507 e. The lowest BCUT2D eigenvalue weighted by Crippen LogP contribution is -2.21. The molecule has 7 rings (SSSR count). The maximum absolute atomic E-state index is 14.3. The maximum atomic E-state index is 14.3. The number of phenols is 1. The highest BCUT2D eigenvalue weighted by Crippen LogP contribution is 2.48. The van der Waals surface area contributed by atoms with Crippen LogP contribution >= 0.6 is 0 Å². The summed E-state index contributed by atoms with van der Waals surface area (Å²) in [6, 6.07) is 34.1. The molecule has 0 fully saturated rings. The SMILES string of the molecule is CCN(CC)c1ccc(-c2nnc3c4c(ccc(Oc5ccccc5)c24)C(=O)c2c(Nc4ccccc4)cccc2-3)c(O)c1. The third-order valence-corrected chi connectivity index (χ3v) is 8.07. The number of ketones is 1. The quantitative estimate of drug-likeness (QED) is 0.187. The van der Waals surface area contributed by atoms with Gasteiger partial charge >= 0.3 is 0 Å². The molecule has 7 heteroatoms. The van der Waals surface area contributed by atoms with Crippen LogP contribution in [0.25, 0.3) is 33.3 Å². The van der Waals surface area contributed by atoms with Crippen LogP contribution < -0.4 is 15.0 Å². The Morgan fingerprint density at radius 2 is 1.41 bits per heavy atom. The summed E-state index contributed by atoms with van der Waals surface area (Å²) in [7, 11) is 0. The van der Waals surface area contributed by atoms with E-state index in [4.69, 9.17) is 14.9 Å². The Kier molecular flexibility index (Phi) is 6.91. The molecule has 1 aliphatic rings. The van der Waals surface area contributed by atoms with Crippen molar-refractivity contribution in [2.75, 3.05) is 23.3 Å². The van der Waals surface area contributed by atoms with Crippen molar-refractivity contribution in [3.8, 4) is 39.8 Å². The molecule has 0 bridgehead atoms. The van der Waals surface area contributed by atoms with E-state index in [9.17, 15) is 9.90 Å². The fourth-order valence-corrected chi connectivity index (χ4v) is 5.95. The molecular weight excluding hydrogens is 548 g/mol. The number of benzene rings is 5. The van der Waals surface area contributed by atoms with Crippen LogP contribution in [-0.4, -0.2) is 34.2 Å². The van der Waals surface area contributed by atoms with E-state index < -0.39 is 0 Å². The number of anilines is 3. The van der Waals surface area contributed by atoms with Gasteiger partial charge in [0.2, 0.25) is 0 Å². The van der Waals surface area contributed by atoms with E-state index in [0.717, 1.165) is 24.5 Å². The van der Waals surface area contributed by atoms with Gasteiger partial charge in [-0.1, -0.05) is 48.5 Å². The standard InChI is InChI=1S/C37H30N4O3/c1-3-41(4-2)24-18-19-26(30(42)22-24)35-34-31(44-25-14-9-6-10-15-25)21-20-28-33(34)36(40-39-35)27-16-11-17-29(32(27)37(28)43)38-23-12-7-5-8-13-23/h5-22,38,42H,3-4H2,1-2H3. The number of hydrogen-bond acceptors (Lipinski definition) is 7. The molecule has 7 nitrogen and oxygen atoms in total. The zero-order valence-corrected chi connectivity index (χ0v) is 24.4. The summed E-state index contributed by atoms with van der Waals surface area (Å²) in [5.74, 6) is 1.11. The average Bonchev–Trinajstić information content (AvgIpc) is 3.05. The first kappa shape index (κ1) is 27.2. The lowest BCUT2D eigenvalue weighted by molar-refractivity contribution is 0.104. The van der Waals surface area contributed by atoms with Crippen LogP contribution in [0, 0.1) is 0 Å². The number of carbonyl (C=O) groups excluding carboxylic acids is 1. The normalized spacial score (nSPS) is 11.7. The van der Waals surface area contributed by atoms with Crippen molar-refractivity contribution in [3.05, 3.63) is 120 Å². The van der Waals surface area contributed by atoms with Crippen molar-refractivity contribution >= 4 is 33.6 Å². The molecule has 6 aromatic rings. The van der Waals surface area contributed by atoms with Gasteiger partial charge in [0.25, 0.3) is 0 Å². The van der Waals surface area contributed by atoms with Gasteiger partial charge in [-0.15, -0.1) is 10.2 Å². The van der Waals surface area contributed by atoms with Crippen molar-refractivity contribution in [1.82, 2.24) is 10.2 Å². The second-order valence-corrected chi connectivity index (χ2v) is 10.6. The number of nitrogens with one attached hydrogen (secondary N) is 1. The summed E-state index contributed by atoms with van der Waals surface area (Å²) in [4.78, 5) is 16.5. The Labute approximate surface area is 255 Å². The van der Waals surface area contributed by atoms with E-state index in [1.165, 1.54) is 0 Å². The van der Waals surface area contributed by atoms with E-state index in [0.29, 0.717) is 61.6 Å². The molecule has 216 valence electrons. The first-order valence-electron chi connectivity index (χ1n) is 14.7. The molecule has 1 aliphatic carbocycles. The number of para-hydroxylation sites is 2. The molecular formula is C37H30N4O3. The minimum absolute atomic E-state index is 0.0759. The Bertz CT molecular complexity index is 2020. The third kappa shape index (κ3) is 4.59. The maximum Gasteiger partial charge on any atom is 0.196 e. The van der Waals surface area contributed by atoms with E-state index in [1.54, 1.807) is 18.2 Å². The van der Waals surface area contributed by atoms with E-state index in [2.05, 4.69) is 24.1 Å². The van der Waals surface area contributed by atoms with Crippen LogP contribution in [0.2, 0.25) is 0 Å². The number of phenolic OH excluding ortho intramolecular Hbond substituents is 1. The van der Waals surface area contributed by atoms with Gasteiger partial charge in [-0.3, -0.25) is 4.79 Å². The zero-order chi connectivity index (χ0) is 30.2. The summed E-state index contributed by atoms with van der Waals surface area (Å²) in [6.45, 7) is 5.78. The largest absolute Gasteiger partial charge is 0.507 e. The molecule has 1 heterocycles. The minimum atomic E-state index is -0.122. The van der Waals surface area contributed by atoms with Crippen LogP contribution in [-0.2, 0) is 0 Å². The number of ether oxygens (including phenoxy) is 1. The highest BCUT2D eigenvalue weighted by Gasteiger charge is 2.32. The molecule has 0 radical (unpaired) electrons. The highest BCUT2D eigenvalue weighted by atomic mass is 16.5. The Morgan fingerprint density at radius 3 is 2.11 bits per heavy atom. The molecule has 0 saturated carbocycles. The van der Waals surface area contributed by atoms with Crippen LogP contribution in [0.15, 0.2) is 109 Å². The zero-order valence-electron chi connectivity index (χ0n) is 24.4. The first-order valence-corrected chi connectivity index (χ1v) is 14.7. The molecule has 2 N–H and O–H groups in total. The summed E-state index contributed by atoms with van der Waals surface area (Å²) in [5, 5.41) is 25.4. The van der Waals surface area contributed by atoms with Crippen LogP contribution in [0.3, 0.4) is 0 Å². The van der Waals surface area contributed by atoms with Gasteiger partial charge in [-0.25, -0.2) is 0 Å². The lowest BCUT2D eigenvalue weighted by atomic mass is 9.84. The van der Waals surface area contributed by atoms with Crippen molar-refractivity contribution in [2.24, 2.45) is 0 Å². The van der Waals surface area contributed by atoms with Crippen LogP contribution in [0.4, 0.5) is 17.1 Å². The average molecular weight is 579 g/mol. The predicted octanol–water partition coefficient (Wildman–Crippen LogP) is 8.60. The van der Waals surface area contributed by atoms with Crippen molar-refractivity contribution in [3.63, 3.8) is 0 Å². The summed E-state index contributed by atoms with van der Waals surface area (Å²) in [6.07, 6.45) is 0. The second kappa shape index (κ2) is 11.2. The number of hydrogen-bond donors (Lipinski definition) is 2. The topological polar surface area (TPSA) is 87.6 Å². The molecule has 0 amide bonds. The van der Waals surface area contributed by atoms with Gasteiger partial charge in [0.05, 0.1) is 16.6 Å². The predicted molar refractivity (Wildman–Crippen MR) is 175 cm³/mol. The van der Waals surface area contributed by atoms with Gasteiger partial charge in [0.15, 0.2) is 5.78 Å². The van der Waals surface area contributed by atoms with Crippen LogP contribution in [0.1, 0.15) is 29.8 Å². The number of aromatic nitrogens is 2. The molecule has 0 saturated heterocycles. The number of rotatable bonds is 8. The molecule has 0 aliphatic heterocycles. The Morgan fingerprint density at radius 1 is 0.727 bits per heavy atom. The van der Waals surface area contributed by atoms with Crippen LogP contribution in [0.5, 0.6) is 17.2 Å². The van der Waals surface area contributed by atoms with Gasteiger partial charge in [0, 0.05) is 52.6 Å². The lowest BCUT2D eigenvalue weighted by Gasteiger charge is -2.24. The van der Waals surface area contributed by atoms with Crippen molar-refractivity contribution in [1.29, 1.82) is 0 Å². The highest BCUT2D eigenvalue weighted by molar-refractivity contribution is 6.29. The smallest absolute Gasteiger partial charge is 0.196 e. The van der Waals surface area contributed by atoms with Gasteiger partial charge in [0.1, 0.15) is 28.6 Å². The van der Waals surface area contributed by atoms with E-state index in [-0.39, 0.29) is 11.5 Å². The van der Waals surface area contributed by atoms with Gasteiger partial charge < -0.3 is 20.1 Å². The van der Waals surface area contributed by atoms with Gasteiger partial charge in [-0.2, -0.15) is 0 Å². The van der Waals surface area contributed by atoms with E-state index >= 15 is 0 Å². The van der Waals surface area contributed by atoms with E-state index in [1.807, 2.05) is 91.0 Å². The molecule has 1 aromatic heterocycles. The molecule has 0 atom stereocenters. The summed E-state index contributed by atoms with van der Waals surface area (Å²) >= 11 is 0. The molecule has 0 spiro atoms. The second-order valence-electron chi connectivity index (χ2n) is 10.6. The number of carbonyl (C=O) groups is 1. The summed E-state index contributed by atoms with van der Waals surface area (Å²) < 4.78 is 6.41. The molecule has 5 aromatic carbocycles. The third-order valence-electron chi connectivity index (χ3n) is 8.07. The Hall–Kier alpha value is -5.69. The number of fused-ring (bicyclic) bond motifs is 2. The summed E-state index contributed by atoms with van der Waals surface area (Å²) in [5.41, 5.74) is 5.74. The van der Waals surface area contributed by atoms with Crippen molar-refractivity contribution < 1.29 is 14.6 Å².